The fourth-order valence-electron chi connectivity index (χ4n) is 3.75. The molecule has 1 aliphatic rings. The van der Waals surface area contributed by atoms with Crippen LogP contribution in [0.25, 0.3) is 11.1 Å². The molecule has 1 fully saturated rings. The van der Waals surface area contributed by atoms with Crippen molar-refractivity contribution in [1.29, 1.82) is 0 Å². The highest BCUT2D eigenvalue weighted by Crippen LogP contribution is 2.31. The molecule has 4 rings (SSSR count). The number of aromatic nitrogens is 1. The second-order valence-electron chi connectivity index (χ2n) is 7.33. The molecule has 1 N–H and O–H groups in total. The number of rotatable bonds is 6. The van der Waals surface area contributed by atoms with Crippen molar-refractivity contribution in [2.24, 2.45) is 0 Å². The maximum Gasteiger partial charge on any atom is 0.238 e. The van der Waals surface area contributed by atoms with Crippen molar-refractivity contribution < 1.29 is 18.7 Å². The predicted molar refractivity (Wildman–Crippen MR) is 116 cm³/mol. The van der Waals surface area contributed by atoms with Crippen LogP contribution in [0.15, 0.2) is 40.8 Å². The predicted octanol–water partition coefficient (Wildman–Crippen LogP) is 4.32. The molecule has 158 valence electrons. The van der Waals surface area contributed by atoms with Gasteiger partial charge in [0.1, 0.15) is 5.52 Å². The summed E-state index contributed by atoms with van der Waals surface area (Å²) in [5.41, 5.74) is 2.22. The van der Waals surface area contributed by atoms with E-state index in [9.17, 15) is 4.79 Å². The highest BCUT2D eigenvalue weighted by atomic mass is 35.5. The van der Waals surface area contributed by atoms with E-state index in [1.807, 2.05) is 12.1 Å². The summed E-state index contributed by atoms with van der Waals surface area (Å²) in [6.45, 7) is 1.96. The van der Waals surface area contributed by atoms with E-state index in [1.54, 1.807) is 38.5 Å². The third-order valence-corrected chi connectivity index (χ3v) is 5.57. The van der Waals surface area contributed by atoms with Crippen molar-refractivity contribution in [3.63, 3.8) is 0 Å². The maximum atomic E-state index is 12.5. The molecule has 0 radical (unpaired) electrons. The van der Waals surface area contributed by atoms with Gasteiger partial charge in [-0.05, 0) is 56.3 Å². The summed E-state index contributed by atoms with van der Waals surface area (Å²) in [5, 5.41) is 3.57. The van der Waals surface area contributed by atoms with Gasteiger partial charge in [-0.25, -0.2) is 4.98 Å². The lowest BCUT2D eigenvalue weighted by Gasteiger charge is -2.29. The molecule has 0 bridgehead atoms. The highest BCUT2D eigenvalue weighted by molar-refractivity contribution is 6.31. The van der Waals surface area contributed by atoms with Crippen LogP contribution >= 0.6 is 11.6 Å². The van der Waals surface area contributed by atoms with Gasteiger partial charge in [-0.3, -0.25) is 9.69 Å². The Morgan fingerprint density at radius 2 is 1.93 bits per heavy atom. The molecule has 2 aromatic carbocycles. The van der Waals surface area contributed by atoms with Crippen LogP contribution in [0.2, 0.25) is 5.02 Å². The Kier molecular flexibility index (Phi) is 6.11. The summed E-state index contributed by atoms with van der Waals surface area (Å²) in [7, 11) is 3.15. The van der Waals surface area contributed by atoms with Crippen LogP contribution in [0.3, 0.4) is 0 Å². The van der Waals surface area contributed by atoms with Crippen molar-refractivity contribution >= 4 is 34.3 Å². The van der Waals surface area contributed by atoms with Gasteiger partial charge in [-0.2, -0.15) is 0 Å². The number of methoxy groups -OCH3 is 2. The third-order valence-electron chi connectivity index (χ3n) is 5.34. The number of hydrogen-bond donors (Lipinski definition) is 1. The first kappa shape index (κ1) is 20.5. The van der Waals surface area contributed by atoms with Crippen molar-refractivity contribution in [2.75, 3.05) is 39.2 Å². The van der Waals surface area contributed by atoms with Crippen LogP contribution in [0.5, 0.6) is 11.5 Å². The van der Waals surface area contributed by atoms with E-state index in [0.717, 1.165) is 42.9 Å². The topological polar surface area (TPSA) is 76.8 Å². The first-order chi connectivity index (χ1) is 14.6. The summed E-state index contributed by atoms with van der Waals surface area (Å²) < 4.78 is 16.4. The summed E-state index contributed by atoms with van der Waals surface area (Å²) >= 11 is 6.03. The highest BCUT2D eigenvalue weighted by Gasteiger charge is 2.25. The summed E-state index contributed by atoms with van der Waals surface area (Å²) in [6, 6.07) is 10.8. The third kappa shape index (κ3) is 4.52. The lowest BCUT2D eigenvalue weighted by Crippen LogP contribution is -2.38. The number of anilines is 1. The summed E-state index contributed by atoms with van der Waals surface area (Å²) in [4.78, 5) is 19.2. The van der Waals surface area contributed by atoms with Crippen molar-refractivity contribution in [3.05, 3.63) is 47.3 Å². The normalized spacial score (nSPS) is 15.3. The van der Waals surface area contributed by atoms with Crippen LogP contribution in [-0.4, -0.2) is 49.6 Å². The van der Waals surface area contributed by atoms with Gasteiger partial charge in [0.15, 0.2) is 23.0 Å². The van der Waals surface area contributed by atoms with E-state index in [4.69, 9.17) is 25.5 Å². The van der Waals surface area contributed by atoms with Crippen molar-refractivity contribution in [2.45, 2.75) is 18.8 Å². The number of benzene rings is 2. The number of carbonyl (C=O) groups excluding carboxylic acids is 1. The number of fused-ring (bicyclic) bond motifs is 1. The minimum absolute atomic E-state index is 0.0582. The number of nitrogens with one attached hydrogen (secondary N) is 1. The molecule has 1 aromatic heterocycles. The van der Waals surface area contributed by atoms with Crippen molar-refractivity contribution in [3.8, 4) is 11.5 Å². The number of nitrogens with zero attached hydrogens (tertiary/aromatic N) is 2. The van der Waals surface area contributed by atoms with Crippen LogP contribution in [0.4, 0.5) is 5.69 Å². The number of amides is 1. The monoisotopic (exact) mass is 429 g/mol. The average molecular weight is 430 g/mol. The number of carbonyl (C=O) groups is 1. The summed E-state index contributed by atoms with van der Waals surface area (Å²) in [5.74, 6) is 2.15. The fourth-order valence-corrected chi connectivity index (χ4v) is 3.91. The number of ether oxygens (including phenoxy) is 2. The van der Waals surface area contributed by atoms with E-state index < -0.39 is 0 Å². The number of halogens is 1. The molecule has 1 saturated heterocycles. The molecule has 2 heterocycles. The van der Waals surface area contributed by atoms with Crippen LogP contribution < -0.4 is 14.8 Å². The standard InChI is InChI=1S/C22H24ClN3O4/c1-28-19-6-4-16(12-20(19)29-2)24-21(27)13-26-9-7-14(8-10-26)22-25-17-11-15(23)3-5-18(17)30-22/h3-6,11-12,14H,7-10,13H2,1-2H3,(H,24,27). The van der Waals surface area contributed by atoms with Gasteiger partial charge in [-0.1, -0.05) is 11.6 Å². The average Bonchev–Trinajstić information content (AvgIpc) is 3.17. The molecule has 0 spiro atoms. The zero-order valence-corrected chi connectivity index (χ0v) is 17.7. The van der Waals surface area contributed by atoms with E-state index in [-0.39, 0.29) is 11.8 Å². The Hall–Kier alpha value is -2.77. The molecular weight excluding hydrogens is 406 g/mol. The van der Waals surface area contributed by atoms with Crippen LogP contribution in [0.1, 0.15) is 24.7 Å². The Balaban J connectivity index is 1.31. The molecule has 1 amide bonds. The van der Waals surface area contributed by atoms with Gasteiger partial charge >= 0.3 is 0 Å². The molecule has 0 aliphatic carbocycles. The largest absolute Gasteiger partial charge is 0.493 e. The van der Waals surface area contributed by atoms with Crippen molar-refractivity contribution in [1.82, 2.24) is 9.88 Å². The molecule has 30 heavy (non-hydrogen) atoms. The van der Waals surface area contributed by atoms with E-state index in [0.29, 0.717) is 28.8 Å². The Morgan fingerprint density at radius 3 is 2.67 bits per heavy atom. The SMILES string of the molecule is COc1ccc(NC(=O)CN2CCC(c3nc4cc(Cl)ccc4o3)CC2)cc1OC. The number of hydrogen-bond acceptors (Lipinski definition) is 6. The minimum Gasteiger partial charge on any atom is -0.493 e. The smallest absolute Gasteiger partial charge is 0.238 e. The van der Waals surface area contributed by atoms with E-state index in [1.165, 1.54) is 0 Å². The Bertz CT molecular complexity index is 1040. The quantitative estimate of drug-likeness (QED) is 0.629. The van der Waals surface area contributed by atoms with Crippen LogP contribution in [-0.2, 0) is 4.79 Å². The lowest BCUT2D eigenvalue weighted by atomic mass is 9.97. The molecule has 1 aliphatic heterocycles. The number of piperidine rings is 1. The summed E-state index contributed by atoms with van der Waals surface area (Å²) in [6.07, 6.45) is 1.79. The maximum absolute atomic E-state index is 12.5. The van der Waals surface area contributed by atoms with Crippen LogP contribution in [0, 0.1) is 0 Å². The molecule has 7 nitrogen and oxygen atoms in total. The van der Waals surface area contributed by atoms with Gasteiger partial charge in [-0.15, -0.1) is 0 Å². The molecular formula is C22H24ClN3O4. The van der Waals surface area contributed by atoms with Gasteiger partial charge < -0.3 is 19.2 Å². The zero-order chi connectivity index (χ0) is 21.1. The number of oxazole rings is 1. The number of likely N-dealkylation sites (tertiary alicyclic amines) is 1. The second kappa shape index (κ2) is 8.93. The molecule has 0 atom stereocenters. The molecule has 3 aromatic rings. The van der Waals surface area contributed by atoms with Gasteiger partial charge in [0.2, 0.25) is 5.91 Å². The Labute approximate surface area is 179 Å². The molecule has 0 saturated carbocycles. The zero-order valence-electron chi connectivity index (χ0n) is 17.0. The lowest BCUT2D eigenvalue weighted by molar-refractivity contribution is -0.117. The van der Waals surface area contributed by atoms with E-state index in [2.05, 4.69) is 15.2 Å². The first-order valence-corrected chi connectivity index (χ1v) is 10.2. The molecule has 8 heteroatoms. The fraction of sp³-hybridized carbons (Fsp3) is 0.364. The van der Waals surface area contributed by atoms with E-state index >= 15 is 0 Å². The second-order valence-corrected chi connectivity index (χ2v) is 7.77. The first-order valence-electron chi connectivity index (χ1n) is 9.86. The van der Waals surface area contributed by atoms with Gasteiger partial charge in [0.25, 0.3) is 0 Å². The molecule has 0 unspecified atom stereocenters. The van der Waals surface area contributed by atoms with Gasteiger partial charge in [0.05, 0.1) is 20.8 Å². The minimum atomic E-state index is -0.0582. The Morgan fingerprint density at radius 1 is 1.17 bits per heavy atom. The van der Waals surface area contributed by atoms with Gasteiger partial charge in [0, 0.05) is 22.7 Å².